The Morgan fingerprint density at radius 2 is 1.79 bits per heavy atom. The number of hydrogen-bond donors (Lipinski definition) is 1. The molecule has 0 unspecified atom stereocenters. The van der Waals surface area contributed by atoms with Crippen LogP contribution in [0.4, 0.5) is 13.2 Å². The molecule has 1 aliphatic heterocycles. The molecular weight excluding hydrogens is 447 g/mol. The van der Waals surface area contributed by atoms with Gasteiger partial charge in [0.25, 0.3) is 0 Å². The molecule has 3 saturated carbocycles. The monoisotopic (exact) mass is 471 g/mol. The molecule has 3 aromatic heterocycles. The molecule has 3 aliphatic carbocycles. The van der Waals surface area contributed by atoms with Gasteiger partial charge in [-0.3, -0.25) is 4.79 Å². The van der Waals surface area contributed by atoms with E-state index < -0.39 is 17.0 Å². The molecule has 7 rings (SSSR count). The van der Waals surface area contributed by atoms with E-state index >= 15 is 0 Å². The predicted octanol–water partition coefficient (Wildman–Crippen LogP) is 4.34. The summed E-state index contributed by atoms with van der Waals surface area (Å²) >= 11 is 0. The van der Waals surface area contributed by atoms with Crippen molar-refractivity contribution in [3.63, 3.8) is 0 Å². The SMILES string of the molecule is Cc1nc2nc([C@H]3CCO[C@@H](c4ccc(=O)[nH]c4)C3)nc(C34CC(C(F)(F)F)(C3)C4)c2nc1C. The predicted molar refractivity (Wildman–Crippen MR) is 116 cm³/mol. The van der Waals surface area contributed by atoms with Crippen LogP contribution in [0.3, 0.4) is 0 Å². The quantitative estimate of drug-likeness (QED) is 0.611. The maximum Gasteiger partial charge on any atom is 0.394 e. The molecule has 178 valence electrons. The largest absolute Gasteiger partial charge is 0.394 e. The van der Waals surface area contributed by atoms with Gasteiger partial charge in [0.05, 0.1) is 28.6 Å². The number of aryl methyl sites for hydroxylation is 2. The molecule has 10 heteroatoms. The van der Waals surface area contributed by atoms with Gasteiger partial charge in [0.1, 0.15) is 11.3 Å². The number of nitrogens with one attached hydrogen (secondary N) is 1. The van der Waals surface area contributed by atoms with E-state index in [9.17, 15) is 18.0 Å². The first-order valence-electron chi connectivity index (χ1n) is 11.5. The number of fused-ring (bicyclic) bond motifs is 1. The van der Waals surface area contributed by atoms with Crippen LogP contribution in [0.15, 0.2) is 23.1 Å². The first-order chi connectivity index (χ1) is 16.1. The number of alkyl halides is 3. The van der Waals surface area contributed by atoms with Gasteiger partial charge in [0, 0.05) is 30.2 Å². The van der Waals surface area contributed by atoms with Gasteiger partial charge < -0.3 is 9.72 Å². The van der Waals surface area contributed by atoms with Gasteiger partial charge in [-0.15, -0.1) is 0 Å². The lowest BCUT2D eigenvalue weighted by atomic mass is 9.34. The molecule has 4 aliphatic rings. The number of ether oxygens (including phenoxy) is 1. The van der Waals surface area contributed by atoms with E-state index in [2.05, 4.69) is 15.0 Å². The number of halogens is 3. The summed E-state index contributed by atoms with van der Waals surface area (Å²) in [5, 5.41) is 0. The van der Waals surface area contributed by atoms with Gasteiger partial charge in [-0.05, 0) is 57.6 Å². The van der Waals surface area contributed by atoms with Crippen LogP contribution in [-0.4, -0.2) is 37.7 Å². The van der Waals surface area contributed by atoms with Crippen LogP contribution in [0, 0.1) is 19.3 Å². The molecule has 2 atom stereocenters. The second-order valence-corrected chi connectivity index (χ2v) is 10.2. The van der Waals surface area contributed by atoms with Crippen LogP contribution in [0.5, 0.6) is 0 Å². The summed E-state index contributed by atoms with van der Waals surface area (Å²) in [6, 6.07) is 3.21. The number of aromatic amines is 1. The van der Waals surface area contributed by atoms with E-state index in [1.54, 1.807) is 12.3 Å². The molecule has 0 amide bonds. The Kier molecular flexibility index (Phi) is 4.50. The standard InChI is InChI=1S/C24H24F3N5O2/c1-12-13(2)30-21-18(29-12)19(22-9-23(10-22,11-22)24(25,26)27)31-20(32-21)14-5-6-34-16(7-14)15-3-4-17(33)28-8-15/h3-4,8,14,16H,5-7,9-11H2,1-2H3,(H,28,33)/t14-,16+,22?,23?/m0/s1. The van der Waals surface area contributed by atoms with Crippen LogP contribution >= 0.6 is 0 Å². The van der Waals surface area contributed by atoms with Crippen LogP contribution in [0.25, 0.3) is 11.2 Å². The molecule has 4 fully saturated rings. The van der Waals surface area contributed by atoms with E-state index in [4.69, 9.17) is 14.7 Å². The lowest BCUT2D eigenvalue weighted by molar-refractivity contribution is -0.337. The molecule has 0 spiro atoms. The van der Waals surface area contributed by atoms with E-state index in [-0.39, 0.29) is 36.8 Å². The second-order valence-electron chi connectivity index (χ2n) is 10.2. The highest BCUT2D eigenvalue weighted by Crippen LogP contribution is 2.78. The fourth-order valence-corrected chi connectivity index (χ4v) is 5.91. The highest BCUT2D eigenvalue weighted by atomic mass is 19.4. The average Bonchev–Trinajstić information content (AvgIpc) is 2.72. The van der Waals surface area contributed by atoms with Gasteiger partial charge >= 0.3 is 6.18 Å². The number of hydrogen-bond acceptors (Lipinski definition) is 6. The van der Waals surface area contributed by atoms with Crippen molar-refractivity contribution < 1.29 is 17.9 Å². The highest BCUT2D eigenvalue weighted by Gasteiger charge is 2.79. The Labute approximate surface area is 193 Å². The first-order valence-corrected chi connectivity index (χ1v) is 11.5. The Hall–Kier alpha value is -2.88. The third-order valence-electron chi connectivity index (χ3n) is 7.92. The Morgan fingerprint density at radius 3 is 2.47 bits per heavy atom. The second kappa shape index (κ2) is 7.07. The fourth-order valence-electron chi connectivity index (χ4n) is 5.91. The minimum atomic E-state index is -4.19. The third-order valence-corrected chi connectivity index (χ3v) is 7.92. The van der Waals surface area contributed by atoms with Gasteiger partial charge in [-0.25, -0.2) is 19.9 Å². The van der Waals surface area contributed by atoms with E-state index in [0.29, 0.717) is 42.1 Å². The highest BCUT2D eigenvalue weighted by molar-refractivity contribution is 5.75. The summed E-state index contributed by atoms with van der Waals surface area (Å²) in [7, 11) is 0. The molecule has 0 radical (unpaired) electrons. The zero-order chi connectivity index (χ0) is 23.9. The van der Waals surface area contributed by atoms with Crippen LogP contribution < -0.4 is 5.56 Å². The van der Waals surface area contributed by atoms with Crippen molar-refractivity contribution in [2.75, 3.05) is 6.61 Å². The molecule has 3 aromatic rings. The normalized spacial score (nSPS) is 30.6. The lowest BCUT2D eigenvalue weighted by Gasteiger charge is -2.70. The molecule has 4 heterocycles. The molecule has 34 heavy (non-hydrogen) atoms. The van der Waals surface area contributed by atoms with Crippen LogP contribution in [0.2, 0.25) is 0 Å². The molecule has 2 bridgehead atoms. The summed E-state index contributed by atoms with van der Waals surface area (Å²) in [4.78, 5) is 33.0. The van der Waals surface area contributed by atoms with Crippen molar-refractivity contribution >= 4 is 11.2 Å². The first kappa shape index (κ1) is 21.6. The average molecular weight is 471 g/mol. The Bertz CT molecular complexity index is 1330. The van der Waals surface area contributed by atoms with Crippen LogP contribution in [-0.2, 0) is 10.2 Å². The third kappa shape index (κ3) is 3.10. The molecule has 1 saturated heterocycles. The number of rotatable bonds is 3. The zero-order valence-corrected chi connectivity index (χ0v) is 18.9. The minimum Gasteiger partial charge on any atom is -0.373 e. The molecule has 1 N–H and O–H groups in total. The van der Waals surface area contributed by atoms with Crippen molar-refractivity contribution in [2.45, 2.75) is 69.6 Å². The number of pyridine rings is 1. The topological polar surface area (TPSA) is 93.7 Å². The van der Waals surface area contributed by atoms with Gasteiger partial charge in [0.15, 0.2) is 5.65 Å². The Morgan fingerprint density at radius 1 is 1.06 bits per heavy atom. The van der Waals surface area contributed by atoms with Gasteiger partial charge in [0.2, 0.25) is 5.56 Å². The van der Waals surface area contributed by atoms with Crippen molar-refractivity contribution in [3.05, 3.63) is 57.2 Å². The molecule has 0 aromatic carbocycles. The summed E-state index contributed by atoms with van der Waals surface area (Å²) in [5.74, 6) is 0.546. The summed E-state index contributed by atoms with van der Waals surface area (Å²) < 4.78 is 46.6. The Balaban J connectivity index is 1.39. The maximum atomic E-state index is 13.5. The van der Waals surface area contributed by atoms with Gasteiger partial charge in [-0.2, -0.15) is 13.2 Å². The number of nitrogens with zero attached hydrogens (tertiary/aromatic N) is 4. The molecular formula is C24H24F3N5O2. The smallest absolute Gasteiger partial charge is 0.373 e. The van der Waals surface area contributed by atoms with Crippen molar-refractivity contribution in [3.8, 4) is 0 Å². The van der Waals surface area contributed by atoms with Crippen molar-refractivity contribution in [1.29, 1.82) is 0 Å². The van der Waals surface area contributed by atoms with Crippen molar-refractivity contribution in [1.82, 2.24) is 24.9 Å². The van der Waals surface area contributed by atoms with Crippen molar-refractivity contribution in [2.24, 2.45) is 5.41 Å². The molecule has 7 nitrogen and oxygen atoms in total. The van der Waals surface area contributed by atoms with Gasteiger partial charge in [-0.1, -0.05) is 0 Å². The maximum absolute atomic E-state index is 13.5. The summed E-state index contributed by atoms with van der Waals surface area (Å²) in [5.41, 5.74) is 1.55. The van der Waals surface area contributed by atoms with E-state index in [1.807, 2.05) is 13.8 Å². The van der Waals surface area contributed by atoms with Crippen LogP contribution in [0.1, 0.15) is 72.6 Å². The summed E-state index contributed by atoms with van der Waals surface area (Å²) in [6.07, 6.45) is -1.31. The lowest BCUT2D eigenvalue weighted by Crippen LogP contribution is -2.70. The van der Waals surface area contributed by atoms with E-state index in [0.717, 1.165) is 17.0 Å². The van der Waals surface area contributed by atoms with E-state index in [1.165, 1.54) is 6.07 Å². The number of H-pyrrole nitrogens is 1. The summed E-state index contributed by atoms with van der Waals surface area (Å²) in [6.45, 7) is 4.18. The fraction of sp³-hybridized carbons (Fsp3) is 0.542. The minimum absolute atomic E-state index is 0.0406. The number of aromatic nitrogens is 5. The zero-order valence-electron chi connectivity index (χ0n) is 18.9.